The van der Waals surface area contributed by atoms with E-state index >= 15 is 0 Å². The van der Waals surface area contributed by atoms with E-state index in [0.717, 1.165) is 5.69 Å². The van der Waals surface area contributed by atoms with E-state index in [2.05, 4.69) is 4.99 Å². The van der Waals surface area contributed by atoms with Crippen LogP contribution < -0.4 is 9.70 Å². The highest BCUT2D eigenvalue weighted by Crippen LogP contribution is 2.20. The van der Waals surface area contributed by atoms with E-state index in [0.29, 0.717) is 26.1 Å². The molecule has 0 unspecified atom stereocenters. The summed E-state index contributed by atoms with van der Waals surface area (Å²) in [4.78, 5) is 43.0. The van der Waals surface area contributed by atoms with Crippen LogP contribution in [0.5, 0.6) is 0 Å². The van der Waals surface area contributed by atoms with Gasteiger partial charge in [-0.2, -0.15) is 4.99 Å². The first kappa shape index (κ1) is 21.3. The number of amides is 1. The van der Waals surface area contributed by atoms with Gasteiger partial charge >= 0.3 is 11.9 Å². The summed E-state index contributed by atoms with van der Waals surface area (Å²) in [6.07, 6.45) is 0. The van der Waals surface area contributed by atoms with Gasteiger partial charge in [-0.15, -0.1) is 0 Å². The van der Waals surface area contributed by atoms with Gasteiger partial charge in [-0.05, 0) is 42.5 Å². The predicted molar refractivity (Wildman–Crippen MR) is 114 cm³/mol. The van der Waals surface area contributed by atoms with Gasteiger partial charge in [-0.3, -0.25) is 9.59 Å². The number of thiazole rings is 1. The Bertz CT molecular complexity index is 1180. The van der Waals surface area contributed by atoms with Crippen LogP contribution in [0.1, 0.15) is 20.7 Å². The average molecular weight is 427 g/mol. The number of esters is 2. The second-order valence-electron chi connectivity index (χ2n) is 6.58. The first-order chi connectivity index (χ1) is 14.3. The molecule has 0 N–H and O–H groups in total. The number of ether oxygens (including phenoxy) is 2. The molecule has 156 valence electrons. The molecule has 1 aromatic heterocycles. The van der Waals surface area contributed by atoms with Gasteiger partial charge < -0.3 is 18.9 Å². The second kappa shape index (κ2) is 8.91. The first-order valence-corrected chi connectivity index (χ1v) is 9.80. The van der Waals surface area contributed by atoms with Crippen molar-refractivity contribution in [3.63, 3.8) is 0 Å². The topological polar surface area (TPSA) is 90.2 Å². The summed E-state index contributed by atoms with van der Waals surface area (Å²) < 4.78 is 11.8. The minimum atomic E-state index is -0.476. The van der Waals surface area contributed by atoms with Gasteiger partial charge in [0.15, 0.2) is 4.80 Å². The number of aromatic nitrogens is 1. The van der Waals surface area contributed by atoms with Crippen LogP contribution in [0.2, 0.25) is 0 Å². The van der Waals surface area contributed by atoms with Crippen LogP contribution in [-0.4, -0.2) is 50.7 Å². The zero-order valence-corrected chi connectivity index (χ0v) is 17.9. The number of fused-ring (bicyclic) bond motifs is 1. The van der Waals surface area contributed by atoms with Gasteiger partial charge in [0.05, 0.1) is 30.0 Å². The molecule has 3 rings (SSSR count). The van der Waals surface area contributed by atoms with Crippen LogP contribution in [0.15, 0.2) is 47.5 Å². The summed E-state index contributed by atoms with van der Waals surface area (Å²) in [6, 6.07) is 12.0. The van der Waals surface area contributed by atoms with Crippen LogP contribution in [0.3, 0.4) is 0 Å². The van der Waals surface area contributed by atoms with Gasteiger partial charge in [0.1, 0.15) is 6.54 Å². The van der Waals surface area contributed by atoms with E-state index < -0.39 is 17.8 Å². The molecule has 2 aromatic carbocycles. The Hall–Kier alpha value is -3.46. The molecule has 8 nitrogen and oxygen atoms in total. The molecule has 0 aliphatic heterocycles. The maximum Gasteiger partial charge on any atom is 0.337 e. The molecule has 9 heteroatoms. The third-order valence-corrected chi connectivity index (χ3v) is 5.49. The van der Waals surface area contributed by atoms with Crippen molar-refractivity contribution in [1.82, 2.24) is 4.57 Å². The third-order valence-electron chi connectivity index (χ3n) is 4.45. The van der Waals surface area contributed by atoms with Crippen molar-refractivity contribution >= 4 is 45.1 Å². The molecule has 0 bridgehead atoms. The Labute approximate surface area is 177 Å². The predicted octanol–water partition coefficient (Wildman–Crippen LogP) is 2.47. The minimum Gasteiger partial charge on any atom is -0.468 e. The van der Waals surface area contributed by atoms with Crippen molar-refractivity contribution in [3.05, 3.63) is 58.4 Å². The first-order valence-electron chi connectivity index (χ1n) is 8.99. The number of hydrogen-bond acceptors (Lipinski definition) is 7. The highest BCUT2D eigenvalue weighted by molar-refractivity contribution is 7.16. The fourth-order valence-corrected chi connectivity index (χ4v) is 3.87. The Balaban J connectivity index is 2.09. The second-order valence-corrected chi connectivity index (χ2v) is 7.59. The minimum absolute atomic E-state index is 0.111. The number of rotatable bonds is 5. The monoisotopic (exact) mass is 427 g/mol. The van der Waals surface area contributed by atoms with Crippen molar-refractivity contribution in [2.45, 2.75) is 6.54 Å². The number of hydrogen-bond donors (Lipinski definition) is 0. The molecule has 0 aliphatic carbocycles. The molecular weight excluding hydrogens is 406 g/mol. The lowest BCUT2D eigenvalue weighted by Crippen LogP contribution is -2.22. The summed E-state index contributed by atoms with van der Waals surface area (Å²) in [7, 11) is 6.42. The van der Waals surface area contributed by atoms with Crippen LogP contribution in [0.25, 0.3) is 10.2 Å². The van der Waals surface area contributed by atoms with Crippen LogP contribution in [0.4, 0.5) is 5.69 Å². The smallest absolute Gasteiger partial charge is 0.337 e. The molecule has 0 aliphatic rings. The largest absolute Gasteiger partial charge is 0.468 e. The van der Waals surface area contributed by atoms with Crippen molar-refractivity contribution in [2.24, 2.45) is 4.99 Å². The molecule has 3 aromatic rings. The van der Waals surface area contributed by atoms with Crippen molar-refractivity contribution in [2.75, 3.05) is 33.2 Å². The maximum absolute atomic E-state index is 12.7. The molecule has 0 radical (unpaired) electrons. The summed E-state index contributed by atoms with van der Waals surface area (Å²) in [5.41, 5.74) is 2.42. The lowest BCUT2D eigenvalue weighted by atomic mass is 10.2. The lowest BCUT2D eigenvalue weighted by molar-refractivity contribution is -0.141. The van der Waals surface area contributed by atoms with E-state index in [-0.39, 0.29) is 6.54 Å². The zero-order chi connectivity index (χ0) is 21.8. The van der Waals surface area contributed by atoms with E-state index in [9.17, 15) is 14.4 Å². The van der Waals surface area contributed by atoms with Crippen LogP contribution in [-0.2, 0) is 20.8 Å². The maximum atomic E-state index is 12.7. The number of anilines is 1. The van der Waals surface area contributed by atoms with E-state index in [4.69, 9.17) is 9.47 Å². The number of nitrogens with zero attached hydrogens (tertiary/aromatic N) is 3. The normalized spacial score (nSPS) is 11.4. The molecule has 0 saturated heterocycles. The molecule has 30 heavy (non-hydrogen) atoms. The van der Waals surface area contributed by atoms with E-state index in [1.807, 2.05) is 31.1 Å². The molecule has 1 amide bonds. The summed E-state index contributed by atoms with van der Waals surface area (Å²) in [6.45, 7) is -0.111. The fraction of sp³-hybridized carbons (Fsp3) is 0.238. The van der Waals surface area contributed by atoms with Crippen molar-refractivity contribution < 1.29 is 23.9 Å². The quantitative estimate of drug-likeness (QED) is 0.581. The Morgan fingerprint density at radius 3 is 2.27 bits per heavy atom. The van der Waals surface area contributed by atoms with Crippen molar-refractivity contribution in [1.29, 1.82) is 0 Å². The lowest BCUT2D eigenvalue weighted by Gasteiger charge is -2.11. The van der Waals surface area contributed by atoms with E-state index in [1.165, 1.54) is 25.6 Å². The Kier molecular flexibility index (Phi) is 6.31. The Morgan fingerprint density at radius 1 is 1.00 bits per heavy atom. The molecule has 1 heterocycles. The third kappa shape index (κ3) is 4.41. The SMILES string of the molecule is COC(=O)Cn1c(=NC(=O)c2ccc(N(C)C)cc2)sc2cc(C(=O)OC)ccc21. The number of benzene rings is 2. The summed E-state index contributed by atoms with van der Waals surface area (Å²) in [5, 5.41) is 0. The molecule has 0 spiro atoms. The van der Waals surface area contributed by atoms with Gasteiger partial charge in [-0.25, -0.2) is 4.79 Å². The highest BCUT2D eigenvalue weighted by Gasteiger charge is 2.15. The summed E-state index contributed by atoms with van der Waals surface area (Å²) >= 11 is 1.20. The number of carbonyl (C=O) groups excluding carboxylic acids is 3. The molecule has 0 saturated carbocycles. The van der Waals surface area contributed by atoms with E-state index in [1.54, 1.807) is 34.9 Å². The Morgan fingerprint density at radius 2 is 1.67 bits per heavy atom. The van der Waals surface area contributed by atoms with Crippen molar-refractivity contribution in [3.8, 4) is 0 Å². The average Bonchev–Trinajstić information content (AvgIpc) is 3.08. The zero-order valence-electron chi connectivity index (χ0n) is 17.0. The van der Waals surface area contributed by atoms with Crippen LogP contribution in [0, 0.1) is 0 Å². The molecular formula is C21H21N3O5S. The number of carbonyl (C=O) groups is 3. The standard InChI is InChI=1S/C21H21N3O5S/c1-23(2)15-8-5-13(6-9-15)19(26)22-21-24(12-18(25)28-3)16-10-7-14(20(27)29-4)11-17(16)30-21/h5-11H,12H2,1-4H3. The highest BCUT2D eigenvalue weighted by atomic mass is 32.1. The van der Waals surface area contributed by atoms with Gasteiger partial charge in [0.2, 0.25) is 0 Å². The molecule has 0 fully saturated rings. The summed E-state index contributed by atoms with van der Waals surface area (Å²) in [5.74, 6) is -1.38. The van der Waals surface area contributed by atoms with Gasteiger partial charge in [-0.1, -0.05) is 11.3 Å². The number of methoxy groups -OCH3 is 2. The molecule has 0 atom stereocenters. The van der Waals surface area contributed by atoms with Gasteiger partial charge in [0, 0.05) is 25.3 Å². The fourth-order valence-electron chi connectivity index (χ4n) is 2.80. The van der Waals surface area contributed by atoms with Crippen LogP contribution >= 0.6 is 11.3 Å². The van der Waals surface area contributed by atoms with Gasteiger partial charge in [0.25, 0.3) is 5.91 Å².